The van der Waals surface area contributed by atoms with Crippen molar-refractivity contribution < 1.29 is 0 Å². The van der Waals surface area contributed by atoms with Crippen LogP contribution in [0.1, 0.15) is 0 Å². The average Bonchev–Trinajstić information content (AvgIpc) is 1.56. The van der Waals surface area contributed by atoms with Crippen LogP contribution in [0.4, 0.5) is 0 Å². The van der Waals surface area contributed by atoms with Crippen LogP contribution in [0.5, 0.6) is 0 Å². The molecule has 26 rings (SSSR count). The van der Waals surface area contributed by atoms with E-state index in [1.54, 1.807) is 0 Å². The predicted molar refractivity (Wildman–Crippen MR) is 503 cm³/mol. The number of hydrogen-bond acceptors (Lipinski definition) is 9. The molecule has 0 bridgehead atoms. The van der Waals surface area contributed by atoms with Gasteiger partial charge in [-0.25, -0.2) is 44.9 Å². The summed E-state index contributed by atoms with van der Waals surface area (Å²) in [4.78, 5) is 44.3. The lowest BCUT2D eigenvalue weighted by atomic mass is 10.0. The molecule has 0 spiro atoms. The summed E-state index contributed by atoms with van der Waals surface area (Å²) < 4.78 is 7.20. The lowest BCUT2D eigenvalue weighted by Crippen LogP contribution is -2.00. The summed E-state index contributed by atoms with van der Waals surface area (Å²) in [6, 6.07) is 144. The molecule has 17 aromatic carbocycles. The van der Waals surface area contributed by atoms with Gasteiger partial charge in [-0.1, -0.05) is 376 Å². The van der Waals surface area contributed by atoms with E-state index in [9.17, 15) is 0 Å². The molecule has 0 radical (unpaired) electrons. The fourth-order valence-electron chi connectivity index (χ4n) is 18.2. The molecule has 0 N–H and O–H groups in total. The van der Waals surface area contributed by atoms with Gasteiger partial charge in [0.15, 0.2) is 52.4 Å². The van der Waals surface area contributed by atoms with Crippen LogP contribution >= 0.6 is 0 Å². The van der Waals surface area contributed by atoms with Crippen molar-refractivity contribution in [3.63, 3.8) is 0 Å². The first-order chi connectivity index (χ1) is 61.0. The van der Waals surface area contributed by atoms with Gasteiger partial charge in [0.2, 0.25) is 0 Å². The van der Waals surface area contributed by atoms with E-state index in [-0.39, 0.29) is 0 Å². The largest absolute Gasteiger partial charge is 0.308 e. The van der Waals surface area contributed by atoms with Crippen molar-refractivity contribution >= 4 is 114 Å². The molecule has 26 aromatic rings. The molecule has 123 heavy (non-hydrogen) atoms. The molecule has 0 fully saturated rings. The van der Waals surface area contributed by atoms with Crippen molar-refractivity contribution in [1.82, 2.24) is 58.1 Å². The molecule has 12 heteroatoms. The molecular formula is C111H68N12. The van der Waals surface area contributed by atoms with Crippen molar-refractivity contribution in [3.05, 3.63) is 413 Å². The van der Waals surface area contributed by atoms with E-state index in [1.807, 2.05) is 158 Å². The Balaban J connectivity index is 0.000000104. The molecule has 9 heterocycles. The molecule has 572 valence electrons. The van der Waals surface area contributed by atoms with E-state index in [4.69, 9.17) is 44.9 Å². The second-order valence-electron chi connectivity index (χ2n) is 31.1. The lowest BCUT2D eigenvalue weighted by molar-refractivity contribution is 1.07. The van der Waals surface area contributed by atoms with Crippen molar-refractivity contribution in [2.24, 2.45) is 0 Å². The molecule has 0 aliphatic carbocycles. The van der Waals surface area contributed by atoms with Crippen molar-refractivity contribution in [2.75, 3.05) is 0 Å². The minimum atomic E-state index is 0.654. The Labute approximate surface area is 705 Å². The average molecular weight is 1570 g/mol. The number of aromatic nitrogens is 12. The van der Waals surface area contributed by atoms with Gasteiger partial charge in [-0.3, -0.25) is 0 Å². The van der Waals surface area contributed by atoms with E-state index in [2.05, 4.69) is 268 Å². The Morgan fingerprint density at radius 3 is 0.561 bits per heavy atom. The van der Waals surface area contributed by atoms with Gasteiger partial charge in [0.1, 0.15) is 0 Å². The maximum atomic E-state index is 5.04. The van der Waals surface area contributed by atoms with Crippen molar-refractivity contribution in [1.29, 1.82) is 0 Å². The van der Waals surface area contributed by atoms with Crippen molar-refractivity contribution in [2.45, 2.75) is 0 Å². The second-order valence-corrected chi connectivity index (χ2v) is 31.1. The van der Waals surface area contributed by atoms with Crippen molar-refractivity contribution in [3.8, 4) is 125 Å². The summed E-state index contributed by atoms with van der Waals surface area (Å²) in [5, 5.41) is 15.2. The Morgan fingerprint density at radius 2 is 0.285 bits per heavy atom. The number of rotatable bonds is 11. The molecule has 12 nitrogen and oxygen atoms in total. The summed E-state index contributed by atoms with van der Waals surface area (Å²) in [5.41, 5.74) is 24.3. The van der Waals surface area contributed by atoms with E-state index in [0.717, 1.165) is 72.2 Å². The number of nitrogens with zero attached hydrogens (tertiary/aromatic N) is 12. The SMILES string of the molecule is c1ccc(-c2ccc(-c3nc(-c4ccccc4)nc(-c4ccc5c6cccc7c8ccccc8n(c5c4)c76)n3)cc2)cc1.c1ccc(-c2nc(-c3ccccc3)nc(-c3ccc(-c4ccc5c6cccc7c8ccccc8n(c5c4)c76)cc3)n2)cc1.c1ccc(-c2nc(-c3ccccc3)nc(-c3ccc4c5cccc6c7ccccc7n(c4c3)c65)n2)cc1. The summed E-state index contributed by atoms with van der Waals surface area (Å²) in [6.07, 6.45) is 0. The van der Waals surface area contributed by atoms with Gasteiger partial charge in [0.25, 0.3) is 0 Å². The summed E-state index contributed by atoms with van der Waals surface area (Å²) >= 11 is 0. The number of fused-ring (bicyclic) bond motifs is 18. The topological polar surface area (TPSA) is 129 Å². The normalized spacial score (nSPS) is 11.7. The fraction of sp³-hybridized carbons (Fsp3) is 0. The lowest BCUT2D eigenvalue weighted by Gasteiger charge is -2.09. The zero-order valence-corrected chi connectivity index (χ0v) is 66.1. The van der Waals surface area contributed by atoms with Crippen LogP contribution in [0.25, 0.3) is 239 Å². The highest BCUT2D eigenvalue weighted by Crippen LogP contribution is 2.45. The van der Waals surface area contributed by atoms with Crippen LogP contribution in [-0.4, -0.2) is 58.1 Å². The van der Waals surface area contributed by atoms with Gasteiger partial charge in [-0.2, -0.15) is 0 Å². The highest BCUT2D eigenvalue weighted by Gasteiger charge is 2.24. The molecule has 0 unspecified atom stereocenters. The minimum absolute atomic E-state index is 0.654. The number of benzene rings is 17. The molecule has 0 atom stereocenters. The highest BCUT2D eigenvalue weighted by molar-refractivity contribution is 6.26. The second kappa shape index (κ2) is 29.1. The summed E-state index contributed by atoms with van der Waals surface area (Å²) in [6.45, 7) is 0. The van der Waals surface area contributed by atoms with Gasteiger partial charge in [-0.15, -0.1) is 0 Å². The Hall–Kier alpha value is -16.8. The van der Waals surface area contributed by atoms with Crippen LogP contribution in [0.3, 0.4) is 0 Å². The standard InChI is InChI=1S/2C39H24N4.C33H20N4/c1-3-10-26(11-4-1)37-40-38(27-12-5-2-6-13-27)42-39(41-37)28-20-18-25(19-21-28)29-22-23-31-33-16-9-15-32-30-14-7-8-17-34(30)43(36(32)33)35(31)24-29;1-3-10-25(11-4-1)26-18-20-28(21-19-26)38-40-37(27-12-5-2-6-13-27)41-39(42-38)29-22-23-31-33-16-9-15-32-30-14-7-8-17-34(30)43(36(32)33)35(31)24-29;1-3-10-21(11-4-1)31-34-32(22-12-5-2-6-13-22)36-33(35-31)23-18-19-25-27-16-9-15-26-24-14-7-8-17-28(24)37(30(26)27)29(25)20-23/h2*1-24H;1-20H. The zero-order chi connectivity index (χ0) is 81.0. The Bertz CT molecular complexity index is 8400. The quantitative estimate of drug-likeness (QED) is 0.124. The van der Waals surface area contributed by atoms with Crippen LogP contribution in [-0.2, 0) is 0 Å². The first-order valence-electron chi connectivity index (χ1n) is 41.3. The Morgan fingerprint density at radius 1 is 0.114 bits per heavy atom. The smallest absolute Gasteiger partial charge is 0.164 e. The van der Waals surface area contributed by atoms with E-state index >= 15 is 0 Å². The van der Waals surface area contributed by atoms with E-state index in [0.29, 0.717) is 52.4 Å². The zero-order valence-electron chi connectivity index (χ0n) is 66.1. The fourth-order valence-corrected chi connectivity index (χ4v) is 18.2. The third-order valence-corrected chi connectivity index (χ3v) is 24.0. The first-order valence-corrected chi connectivity index (χ1v) is 41.3. The van der Waals surface area contributed by atoms with Gasteiger partial charge in [0.05, 0.1) is 49.7 Å². The first kappa shape index (κ1) is 70.4. The van der Waals surface area contributed by atoms with Gasteiger partial charge in [-0.05, 0) is 58.7 Å². The highest BCUT2D eigenvalue weighted by atomic mass is 15.1. The van der Waals surface area contributed by atoms with E-state index < -0.39 is 0 Å². The summed E-state index contributed by atoms with van der Waals surface area (Å²) in [5.74, 6) is 5.95. The minimum Gasteiger partial charge on any atom is -0.308 e. The summed E-state index contributed by atoms with van der Waals surface area (Å²) in [7, 11) is 0. The molecule has 0 saturated heterocycles. The molecular weight excluding hydrogens is 1500 g/mol. The van der Waals surface area contributed by atoms with Gasteiger partial charge in [0, 0.05) is 115 Å². The predicted octanol–water partition coefficient (Wildman–Crippen LogP) is 27.4. The molecule has 0 saturated carbocycles. The third-order valence-electron chi connectivity index (χ3n) is 24.0. The van der Waals surface area contributed by atoms with Gasteiger partial charge >= 0.3 is 0 Å². The molecule has 0 aliphatic heterocycles. The number of para-hydroxylation sites is 6. The van der Waals surface area contributed by atoms with E-state index in [1.165, 1.54) is 114 Å². The van der Waals surface area contributed by atoms with Gasteiger partial charge < -0.3 is 13.2 Å². The third kappa shape index (κ3) is 12.0. The molecule has 0 amide bonds. The van der Waals surface area contributed by atoms with Crippen LogP contribution in [0, 0.1) is 0 Å². The maximum Gasteiger partial charge on any atom is 0.164 e. The molecule has 9 aromatic heterocycles. The number of hydrogen-bond donors (Lipinski definition) is 0. The van der Waals surface area contributed by atoms with Crippen LogP contribution in [0.2, 0.25) is 0 Å². The Kier molecular flexibility index (Phi) is 16.6. The van der Waals surface area contributed by atoms with Crippen LogP contribution in [0.15, 0.2) is 413 Å². The monoisotopic (exact) mass is 1570 g/mol. The molecule has 0 aliphatic rings. The maximum absolute atomic E-state index is 5.04. The van der Waals surface area contributed by atoms with Crippen LogP contribution < -0.4 is 0 Å².